The van der Waals surface area contributed by atoms with Crippen LogP contribution in [0.4, 0.5) is 0 Å². The van der Waals surface area contributed by atoms with Gasteiger partial charge in [0.15, 0.2) is 34.9 Å². The van der Waals surface area contributed by atoms with Gasteiger partial charge in [-0.3, -0.25) is 0 Å². The fourth-order valence-electron chi connectivity index (χ4n) is 14.6. The van der Waals surface area contributed by atoms with Crippen LogP contribution in [0.1, 0.15) is 0 Å². The molecule has 0 spiro atoms. The van der Waals surface area contributed by atoms with E-state index >= 15 is 0 Å². The quantitative estimate of drug-likeness (QED) is 0.0880. The summed E-state index contributed by atoms with van der Waals surface area (Å²) in [5.74, 6) is 3.82. The van der Waals surface area contributed by atoms with Crippen LogP contribution in [0, 0.1) is 0 Å². The van der Waals surface area contributed by atoms with Gasteiger partial charge in [0.2, 0.25) is 0 Å². The average molecular weight is 1380 g/mol. The minimum atomic E-state index is 0.630. The van der Waals surface area contributed by atoms with Gasteiger partial charge in [-0.15, -0.1) is 0 Å². The summed E-state index contributed by atoms with van der Waals surface area (Å²) in [4.78, 5) is 40.3. The van der Waals surface area contributed by atoms with Gasteiger partial charge in [-0.25, -0.2) is 39.9 Å². The lowest BCUT2D eigenvalue weighted by Crippen LogP contribution is -2.00. The predicted octanol–water partition coefficient (Wildman–Crippen LogP) is 25.5. The van der Waals surface area contributed by atoms with Gasteiger partial charge >= 0.3 is 0 Å². The van der Waals surface area contributed by atoms with E-state index in [1.54, 1.807) is 0 Å². The molecule has 8 nitrogen and oxygen atoms in total. The molecular formula is C100H64N8. The molecule has 20 aromatic rings. The number of para-hydroxylation sites is 1. The van der Waals surface area contributed by atoms with Crippen molar-refractivity contribution in [3.05, 3.63) is 388 Å². The van der Waals surface area contributed by atoms with Crippen LogP contribution < -0.4 is 0 Å². The first-order valence-corrected chi connectivity index (χ1v) is 36.3. The summed E-state index contributed by atoms with van der Waals surface area (Å²) in [5.41, 5.74) is 20.8. The lowest BCUT2D eigenvalue weighted by atomic mass is 9.95. The summed E-state index contributed by atoms with van der Waals surface area (Å²) in [6.45, 7) is 0. The van der Waals surface area contributed by atoms with Crippen LogP contribution >= 0.6 is 0 Å². The minimum absolute atomic E-state index is 0.630. The van der Waals surface area contributed by atoms with Crippen LogP contribution in [0.2, 0.25) is 0 Å². The Kier molecular flexibility index (Phi) is 16.8. The molecule has 0 atom stereocenters. The summed E-state index contributed by atoms with van der Waals surface area (Å²) in [5, 5.41) is 11.9. The van der Waals surface area contributed by atoms with Gasteiger partial charge in [0.25, 0.3) is 0 Å². The maximum atomic E-state index is 5.28. The third-order valence-corrected chi connectivity index (χ3v) is 20.2. The Labute approximate surface area is 624 Å². The number of rotatable bonds is 12. The molecule has 0 aliphatic carbocycles. The number of aromatic nitrogens is 8. The molecule has 0 saturated heterocycles. The summed E-state index contributed by atoms with van der Waals surface area (Å²) in [6, 6.07) is 135. The highest BCUT2D eigenvalue weighted by Crippen LogP contribution is 2.40. The zero-order valence-electron chi connectivity index (χ0n) is 58.5. The van der Waals surface area contributed by atoms with Crippen molar-refractivity contribution in [2.24, 2.45) is 0 Å². The van der Waals surface area contributed by atoms with Crippen molar-refractivity contribution < 1.29 is 0 Å². The predicted molar refractivity (Wildman–Crippen MR) is 446 cm³/mol. The van der Waals surface area contributed by atoms with Gasteiger partial charge in [0, 0.05) is 66.1 Å². The molecule has 0 fully saturated rings. The van der Waals surface area contributed by atoms with Gasteiger partial charge < -0.3 is 0 Å². The Hall–Kier alpha value is -14.6. The molecule has 0 aliphatic heterocycles. The third-order valence-electron chi connectivity index (χ3n) is 20.2. The van der Waals surface area contributed by atoms with Crippen LogP contribution in [0.15, 0.2) is 388 Å². The Morgan fingerprint density at radius 3 is 0.796 bits per heavy atom. The first-order valence-electron chi connectivity index (χ1n) is 36.3. The zero-order valence-corrected chi connectivity index (χ0v) is 58.5. The maximum absolute atomic E-state index is 5.28. The van der Waals surface area contributed by atoms with E-state index in [2.05, 4.69) is 315 Å². The summed E-state index contributed by atoms with van der Waals surface area (Å²) >= 11 is 0. The lowest BCUT2D eigenvalue weighted by molar-refractivity contribution is 1.07. The molecule has 0 aliphatic rings. The molecule has 0 radical (unpaired) electrons. The SMILES string of the molecule is c1ccc(-c2ccc(-c3nc(-c4ccccc4)nc(-c4ccc(-c5cccc(-c6nc7cc8ccccc8cc7c7ccccc67)c5)cc4)n3)cc2)cc1.c1ccc(-c2ccc(-c3nc(-c4ccccc4)nc(-c4ccc(-c5cccc(-c6nc7ccccc7c7cc8ccccc8cc67)c5)cc4)n3)cc2)cc1. The topological polar surface area (TPSA) is 103 Å². The van der Waals surface area contributed by atoms with E-state index in [4.69, 9.17) is 39.9 Å². The molecule has 0 bridgehead atoms. The van der Waals surface area contributed by atoms with Crippen molar-refractivity contribution >= 4 is 64.9 Å². The summed E-state index contributed by atoms with van der Waals surface area (Å²) in [7, 11) is 0. The molecule has 0 saturated carbocycles. The van der Waals surface area contributed by atoms with E-state index < -0.39 is 0 Å². The molecule has 108 heavy (non-hydrogen) atoms. The fraction of sp³-hybridized carbons (Fsp3) is 0. The Balaban J connectivity index is 0.000000147. The van der Waals surface area contributed by atoms with E-state index in [0.29, 0.717) is 34.9 Å². The van der Waals surface area contributed by atoms with E-state index in [9.17, 15) is 0 Å². The maximum Gasteiger partial charge on any atom is 0.164 e. The molecule has 0 amide bonds. The smallest absolute Gasteiger partial charge is 0.164 e. The molecule has 504 valence electrons. The highest BCUT2D eigenvalue weighted by Gasteiger charge is 2.19. The van der Waals surface area contributed by atoms with Gasteiger partial charge in [-0.1, -0.05) is 346 Å². The van der Waals surface area contributed by atoms with Gasteiger partial charge in [0.05, 0.1) is 22.4 Å². The van der Waals surface area contributed by atoms with Gasteiger partial charge in [-0.2, -0.15) is 0 Å². The summed E-state index contributed by atoms with van der Waals surface area (Å²) in [6.07, 6.45) is 0. The van der Waals surface area contributed by atoms with Crippen LogP contribution in [0.3, 0.4) is 0 Å². The number of fused-ring (bicyclic) bond motifs is 8. The fourth-order valence-corrected chi connectivity index (χ4v) is 14.6. The lowest BCUT2D eigenvalue weighted by Gasteiger charge is -2.13. The number of benzene rings is 16. The van der Waals surface area contributed by atoms with Gasteiger partial charge in [0.1, 0.15) is 0 Å². The first kappa shape index (κ1) is 64.3. The monoisotopic (exact) mass is 1380 g/mol. The second-order valence-electron chi connectivity index (χ2n) is 27.0. The van der Waals surface area contributed by atoms with Crippen molar-refractivity contribution in [2.75, 3.05) is 0 Å². The van der Waals surface area contributed by atoms with Crippen molar-refractivity contribution in [3.8, 4) is 135 Å². The van der Waals surface area contributed by atoms with E-state index in [0.717, 1.165) is 116 Å². The van der Waals surface area contributed by atoms with Crippen molar-refractivity contribution in [2.45, 2.75) is 0 Å². The van der Waals surface area contributed by atoms with E-state index in [1.165, 1.54) is 48.8 Å². The Bertz CT molecular complexity index is 6740. The average Bonchev–Trinajstić information content (AvgIpc) is 0.755. The third kappa shape index (κ3) is 12.8. The molecule has 8 heteroatoms. The van der Waals surface area contributed by atoms with Crippen LogP contribution in [0.25, 0.3) is 200 Å². The van der Waals surface area contributed by atoms with E-state index in [1.807, 2.05) is 72.8 Å². The second kappa shape index (κ2) is 28.2. The van der Waals surface area contributed by atoms with Crippen LogP contribution in [-0.2, 0) is 0 Å². The van der Waals surface area contributed by atoms with Crippen LogP contribution in [0.5, 0.6) is 0 Å². The molecule has 16 aromatic carbocycles. The van der Waals surface area contributed by atoms with Crippen molar-refractivity contribution in [3.63, 3.8) is 0 Å². The minimum Gasteiger partial charge on any atom is -0.247 e. The molecule has 0 unspecified atom stereocenters. The van der Waals surface area contributed by atoms with E-state index in [-0.39, 0.29) is 0 Å². The normalized spacial score (nSPS) is 11.3. The standard InChI is InChI=1S/2C50H32N4/c1-3-12-33(13-4-1)34-22-26-37(27-23-34)49-52-48(36-14-5-2-6-15-36)53-50(54-49)38-28-24-35(25-29-38)39-18-11-19-42(30-39)47-45-32-41-17-8-7-16-40(41)31-44(45)43-20-9-10-21-46(43)51-47;1-3-12-33(13-4-1)34-22-26-37(27-23-34)49-52-48(36-14-5-2-6-15-36)53-50(54-49)38-28-24-35(25-29-38)39-18-11-19-42(30-39)47-44-21-10-9-20-43(44)45-31-40-16-7-8-17-41(40)32-46(45)51-47/h2*1-32H. The zero-order chi connectivity index (χ0) is 71.7. The Morgan fingerprint density at radius 2 is 0.380 bits per heavy atom. The van der Waals surface area contributed by atoms with Crippen molar-refractivity contribution in [1.29, 1.82) is 0 Å². The number of nitrogens with zero attached hydrogens (tertiary/aromatic N) is 8. The number of hydrogen-bond donors (Lipinski definition) is 0. The molecule has 4 aromatic heterocycles. The second-order valence-corrected chi connectivity index (χ2v) is 27.0. The highest BCUT2D eigenvalue weighted by molar-refractivity contribution is 6.16. The largest absolute Gasteiger partial charge is 0.247 e. The molecule has 0 N–H and O–H groups in total. The number of hydrogen-bond acceptors (Lipinski definition) is 8. The number of pyridine rings is 2. The Morgan fingerprint density at radius 1 is 0.120 bits per heavy atom. The van der Waals surface area contributed by atoms with Crippen LogP contribution in [-0.4, -0.2) is 39.9 Å². The van der Waals surface area contributed by atoms with Crippen molar-refractivity contribution in [1.82, 2.24) is 39.9 Å². The highest BCUT2D eigenvalue weighted by atomic mass is 15.0. The molecular weight excluding hydrogens is 1310 g/mol. The first-order chi connectivity index (χ1) is 53.5. The molecule has 20 rings (SSSR count). The molecule has 4 heterocycles. The summed E-state index contributed by atoms with van der Waals surface area (Å²) < 4.78 is 0. The van der Waals surface area contributed by atoms with Gasteiger partial charge in [-0.05, 0) is 119 Å².